The van der Waals surface area contributed by atoms with Crippen molar-refractivity contribution in [3.8, 4) is 0 Å². The molecule has 0 aliphatic carbocycles. The summed E-state index contributed by atoms with van der Waals surface area (Å²) in [5.41, 5.74) is 5.89. The zero-order valence-electron chi connectivity index (χ0n) is 12.1. The van der Waals surface area contributed by atoms with Crippen molar-refractivity contribution >= 4 is 11.6 Å². The van der Waals surface area contributed by atoms with Crippen LogP contribution in [0, 0.1) is 5.41 Å². The molecule has 0 spiro atoms. The number of hydrogen-bond acceptors (Lipinski definition) is 5. The third-order valence-corrected chi connectivity index (χ3v) is 2.82. The zero-order chi connectivity index (χ0) is 13.8. The Labute approximate surface area is 110 Å². The van der Waals surface area contributed by atoms with Gasteiger partial charge in [0.1, 0.15) is 18.0 Å². The molecule has 0 fully saturated rings. The van der Waals surface area contributed by atoms with Crippen LogP contribution in [0.5, 0.6) is 0 Å². The molecule has 3 N–H and O–H groups in total. The van der Waals surface area contributed by atoms with Gasteiger partial charge in [0.2, 0.25) is 0 Å². The molecular weight excluding hydrogens is 226 g/mol. The first-order valence-corrected chi connectivity index (χ1v) is 6.32. The van der Waals surface area contributed by atoms with Gasteiger partial charge in [-0.15, -0.1) is 0 Å². The fourth-order valence-electron chi connectivity index (χ4n) is 1.38. The third-order valence-electron chi connectivity index (χ3n) is 2.82. The Kier molecular flexibility index (Phi) is 4.90. The lowest BCUT2D eigenvalue weighted by atomic mass is 9.97. The third kappa shape index (κ3) is 4.49. The standard InChI is InChI=1S/C13H25N5/c1-10(7-14)18(5)12-6-11(16-9-17-12)15-8-13(2,3)4/h6,9-10H,7-8,14H2,1-5H3,(H,15,16,17). The largest absolute Gasteiger partial charge is 0.369 e. The molecule has 1 aromatic heterocycles. The summed E-state index contributed by atoms with van der Waals surface area (Å²) < 4.78 is 0. The van der Waals surface area contributed by atoms with Crippen molar-refractivity contribution in [2.45, 2.75) is 33.7 Å². The zero-order valence-corrected chi connectivity index (χ0v) is 12.1. The van der Waals surface area contributed by atoms with Crippen molar-refractivity contribution in [2.24, 2.45) is 11.1 Å². The molecule has 102 valence electrons. The second-order valence-electron chi connectivity index (χ2n) is 5.87. The molecule has 1 heterocycles. The molecule has 1 unspecified atom stereocenters. The van der Waals surface area contributed by atoms with Gasteiger partial charge in [-0.25, -0.2) is 9.97 Å². The summed E-state index contributed by atoms with van der Waals surface area (Å²) in [7, 11) is 1.99. The summed E-state index contributed by atoms with van der Waals surface area (Å²) in [5, 5.41) is 3.33. The van der Waals surface area contributed by atoms with E-state index in [9.17, 15) is 0 Å². The van der Waals surface area contributed by atoms with Gasteiger partial charge in [-0.05, 0) is 12.3 Å². The van der Waals surface area contributed by atoms with Crippen molar-refractivity contribution in [1.82, 2.24) is 9.97 Å². The highest BCUT2D eigenvalue weighted by Gasteiger charge is 2.12. The van der Waals surface area contributed by atoms with E-state index in [1.54, 1.807) is 6.33 Å². The predicted molar refractivity (Wildman–Crippen MR) is 76.9 cm³/mol. The SMILES string of the molecule is CC(CN)N(C)c1cc(NCC(C)(C)C)ncn1. The van der Waals surface area contributed by atoms with Gasteiger partial charge in [-0.2, -0.15) is 0 Å². The van der Waals surface area contributed by atoms with E-state index in [0.717, 1.165) is 18.2 Å². The summed E-state index contributed by atoms with van der Waals surface area (Å²) in [6, 6.07) is 2.22. The lowest BCUT2D eigenvalue weighted by Gasteiger charge is -2.25. The molecule has 0 amide bonds. The van der Waals surface area contributed by atoms with E-state index >= 15 is 0 Å². The minimum absolute atomic E-state index is 0.224. The summed E-state index contributed by atoms with van der Waals surface area (Å²) in [4.78, 5) is 10.6. The Hall–Kier alpha value is -1.36. The average molecular weight is 251 g/mol. The molecule has 0 saturated heterocycles. The minimum atomic E-state index is 0.224. The van der Waals surface area contributed by atoms with Gasteiger partial charge >= 0.3 is 0 Å². The van der Waals surface area contributed by atoms with E-state index in [0.29, 0.717) is 6.54 Å². The number of hydrogen-bond donors (Lipinski definition) is 2. The second kappa shape index (κ2) is 6.00. The summed E-state index contributed by atoms with van der Waals surface area (Å²) in [5.74, 6) is 1.74. The van der Waals surface area contributed by atoms with Crippen LogP contribution in [0.3, 0.4) is 0 Å². The maximum atomic E-state index is 5.66. The lowest BCUT2D eigenvalue weighted by molar-refractivity contribution is 0.442. The molecule has 1 rings (SSSR count). The Morgan fingerprint density at radius 3 is 2.61 bits per heavy atom. The maximum absolute atomic E-state index is 5.66. The molecule has 1 aromatic rings. The van der Waals surface area contributed by atoms with Crippen molar-refractivity contribution in [2.75, 3.05) is 30.4 Å². The summed E-state index contributed by atoms with van der Waals surface area (Å²) in [6.45, 7) is 10.1. The smallest absolute Gasteiger partial charge is 0.134 e. The number of nitrogens with one attached hydrogen (secondary N) is 1. The van der Waals surface area contributed by atoms with Gasteiger partial charge in [0.25, 0.3) is 0 Å². The van der Waals surface area contributed by atoms with Crippen LogP contribution in [0.25, 0.3) is 0 Å². The van der Waals surface area contributed by atoms with Crippen LogP contribution in [0.2, 0.25) is 0 Å². The molecule has 0 radical (unpaired) electrons. The van der Waals surface area contributed by atoms with Gasteiger partial charge in [-0.3, -0.25) is 0 Å². The van der Waals surface area contributed by atoms with Gasteiger partial charge in [0.05, 0.1) is 0 Å². The molecule has 0 bridgehead atoms. The number of anilines is 2. The van der Waals surface area contributed by atoms with E-state index in [-0.39, 0.29) is 11.5 Å². The molecule has 18 heavy (non-hydrogen) atoms. The monoisotopic (exact) mass is 251 g/mol. The predicted octanol–water partition coefficient (Wildman–Crippen LogP) is 1.72. The molecule has 5 heteroatoms. The number of nitrogens with zero attached hydrogens (tertiary/aromatic N) is 3. The van der Waals surface area contributed by atoms with Crippen LogP contribution in [0.1, 0.15) is 27.7 Å². The highest BCUT2D eigenvalue weighted by molar-refractivity contribution is 5.48. The fourth-order valence-corrected chi connectivity index (χ4v) is 1.38. The second-order valence-corrected chi connectivity index (χ2v) is 5.87. The Bertz CT molecular complexity index is 372. The van der Waals surface area contributed by atoms with Gasteiger partial charge in [-0.1, -0.05) is 20.8 Å². The number of rotatable bonds is 5. The topological polar surface area (TPSA) is 67.1 Å². The number of likely N-dealkylation sites (N-methyl/N-ethyl adjacent to an activating group) is 1. The van der Waals surface area contributed by atoms with Crippen molar-refractivity contribution in [3.63, 3.8) is 0 Å². The van der Waals surface area contributed by atoms with E-state index in [2.05, 4.69) is 47.9 Å². The van der Waals surface area contributed by atoms with Crippen LogP contribution >= 0.6 is 0 Å². The highest BCUT2D eigenvalue weighted by atomic mass is 15.2. The first-order valence-electron chi connectivity index (χ1n) is 6.32. The van der Waals surface area contributed by atoms with Gasteiger partial charge < -0.3 is 16.0 Å². The van der Waals surface area contributed by atoms with Crippen molar-refractivity contribution < 1.29 is 0 Å². The molecule has 0 saturated carbocycles. The normalized spacial score (nSPS) is 13.2. The van der Waals surface area contributed by atoms with Crippen molar-refractivity contribution in [3.05, 3.63) is 12.4 Å². The summed E-state index contributed by atoms with van der Waals surface area (Å²) >= 11 is 0. The maximum Gasteiger partial charge on any atom is 0.134 e. The average Bonchev–Trinajstić information content (AvgIpc) is 2.34. The van der Waals surface area contributed by atoms with E-state index in [1.807, 2.05) is 13.1 Å². The van der Waals surface area contributed by atoms with Crippen molar-refractivity contribution in [1.29, 1.82) is 0 Å². The van der Waals surface area contributed by atoms with Crippen LogP contribution in [-0.4, -0.2) is 36.1 Å². The molecule has 0 aliphatic rings. The molecule has 5 nitrogen and oxygen atoms in total. The quantitative estimate of drug-likeness (QED) is 0.834. The lowest BCUT2D eigenvalue weighted by Crippen LogP contribution is -2.35. The molecule has 0 aromatic carbocycles. The Balaban J connectivity index is 2.73. The van der Waals surface area contributed by atoms with Crippen LogP contribution in [-0.2, 0) is 0 Å². The fraction of sp³-hybridized carbons (Fsp3) is 0.692. The minimum Gasteiger partial charge on any atom is -0.369 e. The number of nitrogens with two attached hydrogens (primary N) is 1. The van der Waals surface area contributed by atoms with E-state index in [4.69, 9.17) is 5.73 Å². The molecule has 0 aliphatic heterocycles. The van der Waals surface area contributed by atoms with E-state index < -0.39 is 0 Å². The summed E-state index contributed by atoms with van der Waals surface area (Å²) in [6.07, 6.45) is 1.58. The Morgan fingerprint density at radius 2 is 2.06 bits per heavy atom. The first-order chi connectivity index (χ1) is 8.33. The van der Waals surface area contributed by atoms with Gasteiger partial charge in [0, 0.05) is 32.2 Å². The first kappa shape index (κ1) is 14.7. The highest BCUT2D eigenvalue weighted by Crippen LogP contribution is 2.17. The van der Waals surface area contributed by atoms with Crippen LogP contribution in [0.15, 0.2) is 12.4 Å². The molecular formula is C13H25N5. The number of aromatic nitrogens is 2. The van der Waals surface area contributed by atoms with Crippen LogP contribution in [0.4, 0.5) is 11.6 Å². The Morgan fingerprint density at radius 1 is 1.39 bits per heavy atom. The van der Waals surface area contributed by atoms with Gasteiger partial charge in [0.15, 0.2) is 0 Å². The van der Waals surface area contributed by atoms with Crippen LogP contribution < -0.4 is 16.0 Å². The van der Waals surface area contributed by atoms with E-state index in [1.165, 1.54) is 0 Å². The molecule has 1 atom stereocenters.